The van der Waals surface area contributed by atoms with Gasteiger partial charge in [0.05, 0.1) is 63.9 Å². The Hall–Kier alpha value is -12.1. The molecule has 0 aliphatic carbocycles. The van der Waals surface area contributed by atoms with Crippen molar-refractivity contribution in [3.8, 4) is 18.0 Å². The molecule has 19 rings (SSSR count). The molecular formula is C99H105Cl3F7N21O6. The molecule has 136 heavy (non-hydrogen) atoms. The molecule has 9 aromatic rings. The number of piperazine rings is 3. The Morgan fingerprint density at radius 1 is 0.478 bits per heavy atom. The number of carbonyl (C=O) groups excluding carboxylic acids is 3. The average Bonchev–Trinajstić information content (AvgIpc) is 1.43. The predicted octanol–water partition coefficient (Wildman–Crippen LogP) is 15.2. The highest BCUT2D eigenvalue weighted by molar-refractivity contribution is 6.38. The molecular weight excluding hydrogens is 1820 g/mol. The molecule has 0 N–H and O–H groups in total. The number of amides is 3. The maximum Gasteiger partial charge on any atom is 0.318 e. The molecule has 37 heteroatoms. The summed E-state index contributed by atoms with van der Waals surface area (Å²) in [5, 5.41) is 4.70. The molecule has 13 heterocycles. The number of hydrogen-bond acceptors (Lipinski definition) is 21. The fourth-order valence-corrected chi connectivity index (χ4v) is 22.3. The minimum atomic E-state index is -1.30. The third-order valence-corrected chi connectivity index (χ3v) is 29.0. The Labute approximate surface area is 800 Å². The van der Waals surface area contributed by atoms with E-state index in [1.54, 1.807) is 25.1 Å². The summed E-state index contributed by atoms with van der Waals surface area (Å²) in [7, 11) is 4.16. The van der Waals surface area contributed by atoms with Gasteiger partial charge in [-0.05, 0) is 125 Å². The van der Waals surface area contributed by atoms with E-state index in [0.717, 1.165) is 112 Å². The molecule has 712 valence electrons. The number of nitrogens with zero attached hydrogens (tertiary/aromatic N) is 21. The van der Waals surface area contributed by atoms with Crippen LogP contribution in [0.5, 0.6) is 18.0 Å². The van der Waals surface area contributed by atoms with Crippen LogP contribution in [0.15, 0.2) is 128 Å². The van der Waals surface area contributed by atoms with Gasteiger partial charge in [-0.1, -0.05) is 116 Å². The second-order valence-electron chi connectivity index (χ2n) is 37.3. The molecule has 7 fully saturated rings. The van der Waals surface area contributed by atoms with Crippen LogP contribution in [0.2, 0.25) is 15.1 Å². The van der Waals surface area contributed by atoms with E-state index in [2.05, 4.69) is 89.6 Å². The number of likely N-dealkylation sites (tertiary alicyclic amines) is 2. The van der Waals surface area contributed by atoms with Crippen molar-refractivity contribution in [1.82, 2.24) is 59.3 Å². The molecule has 3 amide bonds. The number of fused-ring (bicyclic) bond motifs is 7. The number of ether oxygens (including phenoxy) is 3. The largest absolute Gasteiger partial charge is 0.463 e. The summed E-state index contributed by atoms with van der Waals surface area (Å²) in [6.45, 7) is 46.8. The molecule has 27 nitrogen and oxygen atoms in total. The Morgan fingerprint density at radius 3 is 1.21 bits per heavy atom. The van der Waals surface area contributed by atoms with E-state index in [0.29, 0.717) is 163 Å². The van der Waals surface area contributed by atoms with Crippen LogP contribution in [0.25, 0.3) is 46.9 Å². The standard InChI is InChI=1S/C35H37ClF3N7O2.C33H36ClF2N7O2.C31H32ClF2N7O2/c1-22(37)32(47)46-15-14-44(17-24(46)16-40-3)31-25-10-13-43(28-7-4-6-23-8-9-26(38)30(36)29(23)28)18-27(25)41-33(42-31)48-21-35-11-5-12-45(35)20-34(2,39)19-35;1-20-14-23(40(4)16-20)19-45-33-38-27-18-41(28-7-5-6-22-8-9-26(36)30(34)29(22)28)11-10-25(27)31(39-33)42-12-13-43(32(44)21(2)35)24(17-42)15-37-3;1-19(33)30(42)41-12-11-40(16-22(41)13-35-2)29-23-9-10-39(26-6-4-5-21-7-8-24(34)28(32)27(21)26)17-25(23)36-31(37-29)43-18-20-14-38(3)15-20/h4,6-9,24H,1,5,10-21H2,2H3;5-9,20,23-24H,2,10-19H2,1,4H3;4-8,20,22H,1,9-18H2,3H3/t24-,34?,35?;20-,23+,24+;22-/m010/s1. The molecule has 0 bridgehead atoms. The van der Waals surface area contributed by atoms with Gasteiger partial charge in [0.1, 0.15) is 71.9 Å². The van der Waals surface area contributed by atoms with Gasteiger partial charge in [-0.15, -0.1) is 0 Å². The van der Waals surface area contributed by atoms with Crippen LogP contribution in [-0.2, 0) is 53.3 Å². The van der Waals surface area contributed by atoms with E-state index in [1.807, 2.05) is 64.4 Å². The highest BCUT2D eigenvalue weighted by Crippen LogP contribution is 2.48. The number of likely N-dealkylation sites (N-methyl/N-ethyl adjacent to an activating group) is 1. The molecule has 0 radical (unpaired) electrons. The zero-order chi connectivity index (χ0) is 95.9. The second kappa shape index (κ2) is 40.3. The molecule has 10 aliphatic rings. The predicted molar refractivity (Wildman–Crippen MR) is 511 cm³/mol. The molecule has 7 atom stereocenters. The number of aromatic nitrogens is 6. The van der Waals surface area contributed by atoms with Crippen molar-refractivity contribution in [2.24, 2.45) is 11.8 Å². The quantitative estimate of drug-likeness (QED) is 0.0372. The average molecular weight is 1920 g/mol. The maximum absolute atomic E-state index is 15.2. The molecule has 6 aromatic carbocycles. The smallest absolute Gasteiger partial charge is 0.318 e. The zero-order valence-electron chi connectivity index (χ0n) is 76.2. The topological polar surface area (TPSA) is 208 Å². The first-order chi connectivity index (χ1) is 65.3. The Balaban J connectivity index is 0.000000142. The number of rotatable bonds is 21. The first-order valence-corrected chi connectivity index (χ1v) is 47.0. The van der Waals surface area contributed by atoms with E-state index in [-0.39, 0.29) is 91.6 Å². The number of alkyl halides is 1. The van der Waals surface area contributed by atoms with Crippen LogP contribution in [-0.4, -0.2) is 277 Å². The SMILES string of the molecule is [C-]#[N+]C[C@H]1CN(c2nc(OCC34CCCN3CC(C)(F)C4)nc3c2CCN(c2cccc4ccc(F)c(Cl)c24)C3)CCN1C(=O)C(=C)F.[C-]#[N+]C[C@H]1CN(c2nc(OCC3CN(C)C3)nc3c2CCN(c2cccc4ccc(F)c(Cl)c24)C3)CCN1C(=O)C(=C)F.[C-]#[N+]C[C@H]1CN(c2nc(OC[C@@H]3C[C@@H](C)CN3C)nc3c2CCN(c2cccc4ccc(F)c(Cl)c24)C3)CCN1C(=O)C(=C)F. The van der Waals surface area contributed by atoms with Gasteiger partial charge in [-0.25, -0.2) is 50.4 Å². The number of carbonyl (C=O) groups is 3. The van der Waals surface area contributed by atoms with Crippen molar-refractivity contribution in [2.45, 2.75) is 114 Å². The lowest BCUT2D eigenvalue weighted by atomic mass is 9.90. The number of hydrogen-bond donors (Lipinski definition) is 0. The maximum atomic E-state index is 15.2. The van der Waals surface area contributed by atoms with Crippen LogP contribution in [0.1, 0.15) is 73.3 Å². The van der Waals surface area contributed by atoms with Crippen LogP contribution in [0.4, 0.5) is 65.2 Å². The van der Waals surface area contributed by atoms with Gasteiger partial charge in [0.2, 0.25) is 19.6 Å². The van der Waals surface area contributed by atoms with Gasteiger partial charge in [-0.3, -0.25) is 24.2 Å². The summed E-state index contributed by atoms with van der Waals surface area (Å²) in [6.07, 6.45) is 4.95. The number of halogens is 10. The molecule has 10 aliphatic heterocycles. The first-order valence-electron chi connectivity index (χ1n) is 45.8. The van der Waals surface area contributed by atoms with Gasteiger partial charge in [0.25, 0.3) is 17.7 Å². The summed E-state index contributed by atoms with van der Waals surface area (Å²) in [5.41, 5.74) is 5.83. The minimum absolute atomic E-state index is 0.00131. The van der Waals surface area contributed by atoms with Crippen LogP contribution >= 0.6 is 34.8 Å². The summed E-state index contributed by atoms with van der Waals surface area (Å²) < 4.78 is 119. The van der Waals surface area contributed by atoms with E-state index in [4.69, 9.17) is 98.6 Å². The van der Waals surface area contributed by atoms with Gasteiger partial charge < -0.3 is 77.7 Å². The van der Waals surface area contributed by atoms with E-state index >= 15 is 4.39 Å². The van der Waals surface area contributed by atoms with Gasteiger partial charge >= 0.3 is 18.0 Å². The van der Waals surface area contributed by atoms with E-state index in [1.165, 1.54) is 32.9 Å². The normalized spacial score (nSPS) is 22.3. The van der Waals surface area contributed by atoms with Crippen molar-refractivity contribution < 1.29 is 59.3 Å². The monoisotopic (exact) mass is 1920 g/mol. The summed E-state index contributed by atoms with van der Waals surface area (Å²) in [5.74, 6) is -3.92. The summed E-state index contributed by atoms with van der Waals surface area (Å²) >= 11 is 19.4. The van der Waals surface area contributed by atoms with Gasteiger partial charge in [-0.2, -0.15) is 29.9 Å². The minimum Gasteiger partial charge on any atom is -0.463 e. The highest BCUT2D eigenvalue weighted by atomic mass is 35.5. The fourth-order valence-electron chi connectivity index (χ4n) is 21.5. The van der Waals surface area contributed by atoms with E-state index in [9.17, 15) is 40.7 Å². The van der Waals surface area contributed by atoms with E-state index < -0.39 is 82.0 Å². The fraction of sp³-hybridized carbons (Fsp3) is 0.455. The molecule has 7 saturated heterocycles. The molecule has 0 spiro atoms. The van der Waals surface area contributed by atoms with Crippen LogP contribution in [0.3, 0.4) is 0 Å². The van der Waals surface area contributed by atoms with Crippen molar-refractivity contribution in [3.05, 3.63) is 229 Å². The van der Waals surface area contributed by atoms with Crippen LogP contribution < -0.4 is 43.6 Å². The summed E-state index contributed by atoms with van der Waals surface area (Å²) in [6, 6.07) is 25.9. The lowest BCUT2D eigenvalue weighted by Gasteiger charge is -2.41. The first kappa shape index (κ1) is 95.6. The third kappa shape index (κ3) is 19.8. The van der Waals surface area contributed by atoms with Crippen molar-refractivity contribution in [1.29, 1.82) is 0 Å². The molecule has 0 saturated carbocycles. The molecule has 3 aromatic heterocycles. The lowest BCUT2D eigenvalue weighted by Crippen LogP contribution is -2.57. The third-order valence-electron chi connectivity index (χ3n) is 27.9. The second-order valence-corrected chi connectivity index (χ2v) is 38.4. The Morgan fingerprint density at radius 2 is 0.853 bits per heavy atom. The van der Waals surface area contributed by atoms with Gasteiger partial charge in [0.15, 0.2) is 17.5 Å². The number of anilines is 6. The summed E-state index contributed by atoms with van der Waals surface area (Å²) in [4.78, 5) is 101. The lowest BCUT2D eigenvalue weighted by molar-refractivity contribution is -0.131. The van der Waals surface area contributed by atoms with Crippen molar-refractivity contribution in [2.75, 3.05) is 194 Å². The Bertz CT molecular complexity index is 6320. The number of benzene rings is 6. The van der Waals surface area contributed by atoms with Crippen molar-refractivity contribution in [3.63, 3.8) is 0 Å². The van der Waals surface area contributed by atoms with Crippen molar-refractivity contribution >= 4 is 119 Å². The molecule has 2 unspecified atom stereocenters. The highest BCUT2D eigenvalue weighted by Gasteiger charge is 2.55. The Kier molecular flexibility index (Phi) is 28.3. The van der Waals surface area contributed by atoms with Gasteiger partial charge in [0, 0.05) is 173 Å². The zero-order valence-corrected chi connectivity index (χ0v) is 78.5. The van der Waals surface area contributed by atoms with Crippen LogP contribution in [0, 0.1) is 49.0 Å².